The Hall–Kier alpha value is -2.65. The van der Waals surface area contributed by atoms with Crippen molar-refractivity contribution < 1.29 is 14.3 Å². The molecule has 1 aromatic heterocycles. The van der Waals surface area contributed by atoms with Gasteiger partial charge in [-0.3, -0.25) is 4.79 Å². The molecule has 1 aromatic carbocycles. The molecule has 1 fully saturated rings. The quantitative estimate of drug-likeness (QED) is 0.785. The zero-order chi connectivity index (χ0) is 19.3. The van der Waals surface area contributed by atoms with Crippen molar-refractivity contribution in [3.8, 4) is 17.2 Å². The number of hydrogen-bond donors (Lipinski definition) is 1. The predicted octanol–water partition coefficient (Wildman–Crippen LogP) is 4.22. The highest BCUT2D eigenvalue weighted by Crippen LogP contribution is 2.30. The summed E-state index contributed by atoms with van der Waals surface area (Å²) in [6, 6.07) is 12.0. The van der Waals surface area contributed by atoms with Crippen molar-refractivity contribution in [1.29, 1.82) is 5.26 Å². The summed E-state index contributed by atoms with van der Waals surface area (Å²) in [4.78, 5) is 25.1. The summed E-state index contributed by atoms with van der Waals surface area (Å²) in [5, 5.41) is 14.0. The Labute approximate surface area is 163 Å². The normalized spacial score (nSPS) is 15.6. The van der Waals surface area contributed by atoms with Crippen molar-refractivity contribution >= 4 is 23.2 Å². The van der Waals surface area contributed by atoms with Crippen LogP contribution in [0.4, 0.5) is 0 Å². The number of hydrogen-bond acceptors (Lipinski definition) is 5. The summed E-state index contributed by atoms with van der Waals surface area (Å²) in [6.45, 7) is 1.62. The number of nitriles is 1. The molecule has 2 aromatic rings. The standard InChI is InChI=1S/C21H22N2O3S/c1-15-5-7-16(8-6-15)17-9-12-27-19(17)20(25)26-13-18(24)23-21(14-22)10-3-2-4-11-21/h5-9,12H,2-4,10-11,13H2,1H3,(H,23,24). The zero-order valence-electron chi connectivity index (χ0n) is 15.3. The maximum Gasteiger partial charge on any atom is 0.349 e. The van der Waals surface area contributed by atoms with E-state index in [1.807, 2.05) is 42.6 Å². The number of esters is 1. The lowest BCUT2D eigenvalue weighted by molar-refractivity contribution is -0.125. The first-order valence-corrected chi connectivity index (χ1v) is 9.95. The highest BCUT2D eigenvalue weighted by atomic mass is 32.1. The Morgan fingerprint density at radius 3 is 2.56 bits per heavy atom. The Bertz CT molecular complexity index is 858. The van der Waals surface area contributed by atoms with E-state index in [1.165, 1.54) is 11.3 Å². The van der Waals surface area contributed by atoms with Crippen LogP contribution in [0.5, 0.6) is 0 Å². The number of aryl methyl sites for hydroxylation is 1. The van der Waals surface area contributed by atoms with Gasteiger partial charge < -0.3 is 10.1 Å². The van der Waals surface area contributed by atoms with Crippen molar-refractivity contribution in [2.24, 2.45) is 0 Å². The minimum Gasteiger partial charge on any atom is -0.451 e. The summed E-state index contributed by atoms with van der Waals surface area (Å²) in [7, 11) is 0. The van der Waals surface area contributed by atoms with Crippen LogP contribution in [-0.2, 0) is 9.53 Å². The molecular formula is C21H22N2O3S. The first-order chi connectivity index (χ1) is 13.0. The van der Waals surface area contributed by atoms with E-state index in [4.69, 9.17) is 4.74 Å². The molecule has 1 heterocycles. The van der Waals surface area contributed by atoms with Crippen LogP contribution in [-0.4, -0.2) is 24.0 Å². The SMILES string of the molecule is Cc1ccc(-c2ccsc2C(=O)OCC(=O)NC2(C#N)CCCCC2)cc1. The van der Waals surface area contributed by atoms with Crippen molar-refractivity contribution in [3.05, 3.63) is 46.2 Å². The molecule has 1 aliphatic carbocycles. The maximum atomic E-state index is 12.5. The number of thiophene rings is 1. The van der Waals surface area contributed by atoms with Crippen LogP contribution in [0.15, 0.2) is 35.7 Å². The molecular weight excluding hydrogens is 360 g/mol. The lowest BCUT2D eigenvalue weighted by Gasteiger charge is -2.31. The largest absolute Gasteiger partial charge is 0.451 e. The summed E-state index contributed by atoms with van der Waals surface area (Å²) >= 11 is 1.29. The molecule has 1 saturated carbocycles. The fourth-order valence-corrected chi connectivity index (χ4v) is 4.16. The van der Waals surface area contributed by atoms with E-state index in [9.17, 15) is 14.9 Å². The lowest BCUT2D eigenvalue weighted by Crippen LogP contribution is -2.50. The fourth-order valence-electron chi connectivity index (χ4n) is 3.35. The summed E-state index contributed by atoms with van der Waals surface area (Å²) in [6.07, 6.45) is 4.21. The highest BCUT2D eigenvalue weighted by Gasteiger charge is 2.33. The highest BCUT2D eigenvalue weighted by molar-refractivity contribution is 7.12. The second-order valence-electron chi connectivity index (χ2n) is 6.91. The molecule has 3 rings (SSSR count). The third-order valence-corrected chi connectivity index (χ3v) is 5.74. The van der Waals surface area contributed by atoms with Crippen molar-refractivity contribution in [2.75, 3.05) is 6.61 Å². The molecule has 0 radical (unpaired) electrons. The second-order valence-corrected chi connectivity index (χ2v) is 7.82. The molecule has 0 spiro atoms. The first-order valence-electron chi connectivity index (χ1n) is 9.07. The summed E-state index contributed by atoms with van der Waals surface area (Å²) in [5.41, 5.74) is 2.05. The first kappa shape index (κ1) is 19.1. The van der Waals surface area contributed by atoms with Crippen molar-refractivity contribution in [2.45, 2.75) is 44.6 Å². The number of benzene rings is 1. The molecule has 27 heavy (non-hydrogen) atoms. The van der Waals surface area contributed by atoms with Crippen LogP contribution in [0.25, 0.3) is 11.1 Å². The average molecular weight is 382 g/mol. The molecule has 0 aliphatic heterocycles. The number of carbonyl (C=O) groups is 2. The molecule has 0 bridgehead atoms. The maximum absolute atomic E-state index is 12.5. The van der Waals surface area contributed by atoms with Gasteiger partial charge in [-0.2, -0.15) is 5.26 Å². The van der Waals surface area contributed by atoms with Gasteiger partial charge in [-0.15, -0.1) is 11.3 Å². The smallest absolute Gasteiger partial charge is 0.349 e. The van der Waals surface area contributed by atoms with Gasteiger partial charge in [0.2, 0.25) is 0 Å². The van der Waals surface area contributed by atoms with E-state index in [1.54, 1.807) is 0 Å². The van der Waals surface area contributed by atoms with E-state index in [0.717, 1.165) is 36.0 Å². The van der Waals surface area contributed by atoms with Gasteiger partial charge in [-0.1, -0.05) is 49.1 Å². The molecule has 6 heteroatoms. The zero-order valence-corrected chi connectivity index (χ0v) is 16.1. The number of carbonyl (C=O) groups excluding carboxylic acids is 2. The summed E-state index contributed by atoms with van der Waals surface area (Å²) in [5.74, 6) is -0.953. The third kappa shape index (κ3) is 4.55. The topological polar surface area (TPSA) is 79.2 Å². The van der Waals surface area contributed by atoms with E-state index >= 15 is 0 Å². The minimum atomic E-state index is -0.822. The minimum absolute atomic E-state index is 0.381. The van der Waals surface area contributed by atoms with Gasteiger partial charge >= 0.3 is 5.97 Å². The molecule has 0 unspecified atom stereocenters. The van der Waals surface area contributed by atoms with Gasteiger partial charge in [-0.25, -0.2) is 4.79 Å². The number of nitrogens with one attached hydrogen (secondary N) is 1. The Morgan fingerprint density at radius 1 is 1.19 bits per heavy atom. The monoisotopic (exact) mass is 382 g/mol. The average Bonchev–Trinajstić information content (AvgIpc) is 3.17. The molecule has 0 atom stereocenters. The van der Waals surface area contributed by atoms with E-state index in [-0.39, 0.29) is 6.61 Å². The number of nitrogens with zero attached hydrogens (tertiary/aromatic N) is 1. The fraction of sp³-hybridized carbons (Fsp3) is 0.381. The van der Waals surface area contributed by atoms with Gasteiger partial charge in [0.1, 0.15) is 10.4 Å². The molecule has 1 N–H and O–H groups in total. The molecule has 1 amide bonds. The van der Waals surface area contributed by atoms with Crippen LogP contribution in [0.2, 0.25) is 0 Å². The van der Waals surface area contributed by atoms with Gasteiger partial charge in [0.15, 0.2) is 6.61 Å². The van der Waals surface area contributed by atoms with E-state index in [0.29, 0.717) is 17.7 Å². The van der Waals surface area contributed by atoms with Gasteiger partial charge in [-0.05, 0) is 36.8 Å². The number of rotatable bonds is 5. The van der Waals surface area contributed by atoms with Crippen LogP contribution in [0.1, 0.15) is 47.3 Å². The van der Waals surface area contributed by atoms with Crippen LogP contribution >= 0.6 is 11.3 Å². The molecule has 140 valence electrons. The number of ether oxygens (including phenoxy) is 1. The predicted molar refractivity (Wildman–Crippen MR) is 104 cm³/mol. The Kier molecular flexibility index (Phi) is 5.92. The van der Waals surface area contributed by atoms with Crippen molar-refractivity contribution in [3.63, 3.8) is 0 Å². The molecule has 0 saturated heterocycles. The van der Waals surface area contributed by atoms with Gasteiger partial charge in [0.25, 0.3) is 5.91 Å². The van der Waals surface area contributed by atoms with Crippen LogP contribution in [0, 0.1) is 18.3 Å². The van der Waals surface area contributed by atoms with Crippen LogP contribution in [0.3, 0.4) is 0 Å². The number of amides is 1. The third-order valence-electron chi connectivity index (χ3n) is 4.85. The van der Waals surface area contributed by atoms with Gasteiger partial charge in [0, 0.05) is 5.56 Å². The van der Waals surface area contributed by atoms with Crippen molar-refractivity contribution in [1.82, 2.24) is 5.32 Å². The summed E-state index contributed by atoms with van der Waals surface area (Å²) < 4.78 is 5.22. The van der Waals surface area contributed by atoms with E-state index < -0.39 is 17.4 Å². The lowest BCUT2D eigenvalue weighted by atomic mass is 9.83. The molecule has 1 aliphatic rings. The van der Waals surface area contributed by atoms with Gasteiger partial charge in [0.05, 0.1) is 6.07 Å². The Morgan fingerprint density at radius 2 is 1.89 bits per heavy atom. The molecule has 5 nitrogen and oxygen atoms in total. The van der Waals surface area contributed by atoms with E-state index in [2.05, 4.69) is 11.4 Å². The second kappa shape index (κ2) is 8.36. The van der Waals surface area contributed by atoms with Crippen LogP contribution < -0.4 is 5.32 Å². The Balaban J connectivity index is 1.62.